The van der Waals surface area contributed by atoms with E-state index in [9.17, 15) is 14.9 Å². The molecule has 2 aliphatic rings. The van der Waals surface area contributed by atoms with E-state index in [1.165, 1.54) is 12.1 Å². The van der Waals surface area contributed by atoms with Crippen LogP contribution in [-0.2, 0) is 0 Å². The van der Waals surface area contributed by atoms with Crippen LogP contribution in [0.3, 0.4) is 0 Å². The molecule has 1 aromatic rings. The van der Waals surface area contributed by atoms with Gasteiger partial charge in [0, 0.05) is 12.1 Å². The highest BCUT2D eigenvalue weighted by molar-refractivity contribution is 5.99. The molecule has 0 aromatic heterocycles. The van der Waals surface area contributed by atoms with E-state index in [4.69, 9.17) is 9.47 Å². The number of amides is 1. The quantitative estimate of drug-likeness (QED) is 0.668. The van der Waals surface area contributed by atoms with Crippen molar-refractivity contribution in [3.05, 3.63) is 27.8 Å². The van der Waals surface area contributed by atoms with Crippen LogP contribution in [0, 0.1) is 16.0 Å². The van der Waals surface area contributed by atoms with Gasteiger partial charge in [-0.05, 0) is 12.3 Å². The van der Waals surface area contributed by atoms with Gasteiger partial charge in [0.25, 0.3) is 11.6 Å². The predicted molar refractivity (Wildman–Crippen MR) is 69.1 cm³/mol. The molecule has 2 atom stereocenters. The Morgan fingerprint density at radius 2 is 2.10 bits per heavy atom. The average molecular weight is 278 g/mol. The number of rotatable bonds is 3. The molecule has 20 heavy (non-hydrogen) atoms. The molecule has 7 heteroatoms. The maximum Gasteiger partial charge on any atom is 0.274 e. The molecule has 7 nitrogen and oxygen atoms in total. The monoisotopic (exact) mass is 278 g/mol. The molecule has 0 saturated heterocycles. The average Bonchev–Trinajstić information content (AvgIpc) is 3.12. The molecule has 0 spiro atoms. The summed E-state index contributed by atoms with van der Waals surface area (Å²) in [5, 5.41) is 13.8. The molecule has 1 saturated carbocycles. The van der Waals surface area contributed by atoms with Crippen LogP contribution in [0.15, 0.2) is 12.1 Å². The topological polar surface area (TPSA) is 90.7 Å². The van der Waals surface area contributed by atoms with E-state index in [2.05, 4.69) is 5.32 Å². The maximum atomic E-state index is 12.2. The molecule has 106 valence electrons. The fraction of sp³-hybridized carbons (Fsp3) is 0.462. The molecule has 1 N–H and O–H groups in total. The number of ether oxygens (including phenoxy) is 2. The summed E-state index contributed by atoms with van der Waals surface area (Å²) in [6.07, 6.45) is 0.931. The number of fused-ring (bicyclic) bond motifs is 1. The Kier molecular flexibility index (Phi) is 2.96. The number of benzene rings is 1. The van der Waals surface area contributed by atoms with E-state index in [-0.39, 0.29) is 34.7 Å². The lowest BCUT2D eigenvalue weighted by molar-refractivity contribution is -0.385. The van der Waals surface area contributed by atoms with Crippen LogP contribution in [0.5, 0.6) is 11.5 Å². The first kappa shape index (κ1) is 12.7. The largest absolute Gasteiger partial charge is 0.486 e. The van der Waals surface area contributed by atoms with Gasteiger partial charge in [0.05, 0.1) is 16.6 Å². The van der Waals surface area contributed by atoms with Gasteiger partial charge >= 0.3 is 0 Å². The second kappa shape index (κ2) is 4.66. The van der Waals surface area contributed by atoms with Gasteiger partial charge in [-0.2, -0.15) is 0 Å². The van der Waals surface area contributed by atoms with Crippen LogP contribution >= 0.6 is 0 Å². The van der Waals surface area contributed by atoms with Crippen LogP contribution in [-0.4, -0.2) is 30.1 Å². The molecule has 1 amide bonds. The van der Waals surface area contributed by atoms with Crippen LogP contribution in [0.25, 0.3) is 0 Å². The van der Waals surface area contributed by atoms with Crippen LogP contribution in [0.1, 0.15) is 23.7 Å². The highest BCUT2D eigenvalue weighted by Gasteiger charge is 2.35. The number of nitro benzene ring substituents is 1. The normalized spacial score (nSPS) is 23.1. The molecule has 1 aliphatic heterocycles. The summed E-state index contributed by atoms with van der Waals surface area (Å²) in [6.45, 7) is 2.67. The molecule has 3 rings (SSSR count). The van der Waals surface area contributed by atoms with Crippen LogP contribution in [0.2, 0.25) is 0 Å². The van der Waals surface area contributed by atoms with E-state index in [0.29, 0.717) is 19.1 Å². The summed E-state index contributed by atoms with van der Waals surface area (Å²) in [4.78, 5) is 22.6. The minimum absolute atomic E-state index is 0.141. The van der Waals surface area contributed by atoms with Gasteiger partial charge in [-0.15, -0.1) is 0 Å². The Hall–Kier alpha value is -2.31. The number of hydrogen-bond acceptors (Lipinski definition) is 5. The van der Waals surface area contributed by atoms with Crippen molar-refractivity contribution in [3.8, 4) is 11.5 Å². The van der Waals surface area contributed by atoms with Crippen molar-refractivity contribution in [2.75, 3.05) is 13.2 Å². The summed E-state index contributed by atoms with van der Waals surface area (Å²) in [7, 11) is 0. The third-order valence-electron chi connectivity index (χ3n) is 3.51. The Labute approximate surface area is 115 Å². The lowest BCUT2D eigenvalue weighted by atomic mass is 10.1. The van der Waals surface area contributed by atoms with Gasteiger partial charge in [-0.25, -0.2) is 0 Å². The first-order valence-electron chi connectivity index (χ1n) is 6.45. The molecule has 1 fully saturated rings. The van der Waals surface area contributed by atoms with Crippen LogP contribution in [0.4, 0.5) is 5.69 Å². The SMILES string of the molecule is C[C@H]1C[C@H]1NC(=O)c1cc([N+](=O)[O-])cc2c1OCCO2. The number of carbonyl (C=O) groups is 1. The molecular formula is C13H14N2O5. The van der Waals surface area contributed by atoms with Crippen LogP contribution < -0.4 is 14.8 Å². The molecule has 0 unspecified atom stereocenters. The van der Waals surface area contributed by atoms with Crippen molar-refractivity contribution in [1.82, 2.24) is 5.32 Å². The fourth-order valence-electron chi connectivity index (χ4n) is 2.18. The van der Waals surface area contributed by atoms with Crippen molar-refractivity contribution in [3.63, 3.8) is 0 Å². The van der Waals surface area contributed by atoms with Gasteiger partial charge in [-0.3, -0.25) is 14.9 Å². The standard InChI is InChI=1S/C13H14N2O5/c1-7-4-10(7)14-13(16)9-5-8(15(17)18)6-11-12(9)20-3-2-19-11/h5-7,10H,2-4H2,1H3,(H,14,16)/t7-,10+/m0/s1. The Morgan fingerprint density at radius 1 is 1.40 bits per heavy atom. The number of nitro groups is 1. The van der Waals surface area contributed by atoms with Gasteiger partial charge < -0.3 is 14.8 Å². The van der Waals surface area contributed by atoms with E-state index >= 15 is 0 Å². The Morgan fingerprint density at radius 3 is 2.75 bits per heavy atom. The minimum Gasteiger partial charge on any atom is -0.486 e. The number of hydrogen-bond donors (Lipinski definition) is 1. The lowest BCUT2D eigenvalue weighted by Crippen LogP contribution is -2.28. The van der Waals surface area contributed by atoms with Gasteiger partial charge in [0.15, 0.2) is 11.5 Å². The van der Waals surface area contributed by atoms with Gasteiger partial charge in [0.1, 0.15) is 13.2 Å². The molecule has 0 radical (unpaired) electrons. The molecular weight excluding hydrogens is 264 g/mol. The predicted octanol–water partition coefficient (Wildman–Crippen LogP) is 1.50. The van der Waals surface area contributed by atoms with E-state index in [1.807, 2.05) is 6.92 Å². The first-order valence-corrected chi connectivity index (χ1v) is 6.45. The summed E-state index contributed by atoms with van der Waals surface area (Å²) < 4.78 is 10.8. The Bertz CT molecular complexity index is 586. The molecule has 1 aliphatic carbocycles. The number of carbonyl (C=O) groups excluding carboxylic acids is 1. The van der Waals surface area contributed by atoms with Gasteiger partial charge in [-0.1, -0.05) is 6.92 Å². The molecule has 0 bridgehead atoms. The zero-order chi connectivity index (χ0) is 14.3. The van der Waals surface area contributed by atoms with E-state index < -0.39 is 4.92 Å². The Balaban J connectivity index is 1.96. The highest BCUT2D eigenvalue weighted by atomic mass is 16.6. The zero-order valence-corrected chi connectivity index (χ0v) is 10.9. The highest BCUT2D eigenvalue weighted by Crippen LogP contribution is 2.38. The summed E-state index contributed by atoms with van der Waals surface area (Å²) in [5.41, 5.74) is -0.0174. The second-order valence-corrected chi connectivity index (χ2v) is 5.07. The number of non-ortho nitro benzene ring substituents is 1. The smallest absolute Gasteiger partial charge is 0.274 e. The van der Waals surface area contributed by atoms with Crippen molar-refractivity contribution in [2.45, 2.75) is 19.4 Å². The summed E-state index contributed by atoms with van der Waals surface area (Å²) in [5.74, 6) is 0.627. The van der Waals surface area contributed by atoms with E-state index in [0.717, 1.165) is 6.42 Å². The van der Waals surface area contributed by atoms with Crippen molar-refractivity contribution < 1.29 is 19.2 Å². The zero-order valence-electron chi connectivity index (χ0n) is 10.9. The fourth-order valence-corrected chi connectivity index (χ4v) is 2.18. The third-order valence-corrected chi connectivity index (χ3v) is 3.51. The lowest BCUT2D eigenvalue weighted by Gasteiger charge is -2.20. The van der Waals surface area contributed by atoms with E-state index in [1.54, 1.807) is 0 Å². The molecule has 1 heterocycles. The van der Waals surface area contributed by atoms with Crippen molar-refractivity contribution in [1.29, 1.82) is 0 Å². The van der Waals surface area contributed by atoms with Crippen molar-refractivity contribution in [2.24, 2.45) is 5.92 Å². The summed E-state index contributed by atoms with van der Waals surface area (Å²) in [6, 6.07) is 2.66. The second-order valence-electron chi connectivity index (χ2n) is 5.07. The minimum atomic E-state index is -0.547. The number of nitrogens with one attached hydrogen (secondary N) is 1. The number of nitrogens with zero attached hydrogens (tertiary/aromatic N) is 1. The molecule has 1 aromatic carbocycles. The maximum absolute atomic E-state index is 12.2. The first-order chi connectivity index (χ1) is 9.56. The van der Waals surface area contributed by atoms with Crippen molar-refractivity contribution >= 4 is 11.6 Å². The third kappa shape index (κ3) is 2.26. The summed E-state index contributed by atoms with van der Waals surface area (Å²) >= 11 is 0. The van der Waals surface area contributed by atoms with Gasteiger partial charge in [0.2, 0.25) is 0 Å².